The maximum atomic E-state index is 12.5. The Kier molecular flexibility index (Phi) is 4.27. The number of rotatable bonds is 4. The molecular formula is C16H16N2O2. The first-order valence-electron chi connectivity index (χ1n) is 6.26. The standard InChI is InChI=1S/C16H16N2O2/c1-18(2)17-16(20)14-11-7-6-10-13(14)15(19)12-8-4-3-5-9-12/h3-11H,1-2H3,(H,17,20). The normalized spacial score (nSPS) is 10.3. The molecule has 0 atom stereocenters. The fourth-order valence-corrected chi connectivity index (χ4v) is 1.89. The summed E-state index contributed by atoms with van der Waals surface area (Å²) in [7, 11) is 3.44. The van der Waals surface area contributed by atoms with Gasteiger partial charge in [0, 0.05) is 25.2 Å². The summed E-state index contributed by atoms with van der Waals surface area (Å²) in [5.74, 6) is -0.454. The van der Waals surface area contributed by atoms with E-state index < -0.39 is 0 Å². The summed E-state index contributed by atoms with van der Waals surface area (Å²) in [5, 5.41) is 1.55. The molecule has 0 bridgehead atoms. The summed E-state index contributed by atoms with van der Waals surface area (Å²) in [6, 6.07) is 15.7. The Morgan fingerprint density at radius 1 is 0.850 bits per heavy atom. The van der Waals surface area contributed by atoms with Gasteiger partial charge < -0.3 is 0 Å². The molecule has 0 spiro atoms. The van der Waals surface area contributed by atoms with E-state index in [-0.39, 0.29) is 11.7 Å². The van der Waals surface area contributed by atoms with Crippen LogP contribution in [0.3, 0.4) is 0 Å². The Balaban J connectivity index is 2.38. The van der Waals surface area contributed by atoms with E-state index in [9.17, 15) is 9.59 Å². The van der Waals surface area contributed by atoms with E-state index in [0.29, 0.717) is 16.7 Å². The van der Waals surface area contributed by atoms with Crippen LogP contribution in [-0.2, 0) is 0 Å². The molecule has 4 heteroatoms. The SMILES string of the molecule is CN(C)NC(=O)c1ccccc1C(=O)c1ccccc1. The van der Waals surface area contributed by atoms with Gasteiger partial charge in [0.25, 0.3) is 5.91 Å². The highest BCUT2D eigenvalue weighted by atomic mass is 16.2. The highest BCUT2D eigenvalue weighted by Crippen LogP contribution is 2.14. The van der Waals surface area contributed by atoms with Gasteiger partial charge >= 0.3 is 0 Å². The first-order chi connectivity index (χ1) is 9.59. The molecule has 1 N–H and O–H groups in total. The van der Waals surface area contributed by atoms with Crippen LogP contribution >= 0.6 is 0 Å². The number of hydrogen-bond donors (Lipinski definition) is 1. The molecule has 20 heavy (non-hydrogen) atoms. The zero-order chi connectivity index (χ0) is 14.5. The topological polar surface area (TPSA) is 49.4 Å². The molecule has 0 saturated heterocycles. The molecule has 0 aliphatic carbocycles. The number of amides is 1. The van der Waals surface area contributed by atoms with Crippen molar-refractivity contribution in [1.29, 1.82) is 0 Å². The minimum atomic E-state index is -0.296. The third-order valence-electron chi connectivity index (χ3n) is 2.78. The van der Waals surface area contributed by atoms with Gasteiger partial charge in [0.2, 0.25) is 0 Å². The predicted molar refractivity (Wildman–Crippen MR) is 77.5 cm³/mol. The van der Waals surface area contributed by atoms with E-state index in [1.165, 1.54) is 0 Å². The lowest BCUT2D eigenvalue weighted by Crippen LogP contribution is -2.36. The van der Waals surface area contributed by atoms with E-state index in [1.54, 1.807) is 67.6 Å². The van der Waals surface area contributed by atoms with Gasteiger partial charge in [0.1, 0.15) is 0 Å². The molecule has 0 aliphatic rings. The van der Waals surface area contributed by atoms with Crippen molar-refractivity contribution in [2.24, 2.45) is 0 Å². The Bertz CT molecular complexity index is 621. The number of carbonyl (C=O) groups is 2. The van der Waals surface area contributed by atoms with Crippen molar-refractivity contribution < 1.29 is 9.59 Å². The van der Waals surface area contributed by atoms with Gasteiger partial charge in [0.05, 0.1) is 5.56 Å². The molecule has 0 fully saturated rings. The van der Waals surface area contributed by atoms with Crippen LogP contribution in [0.5, 0.6) is 0 Å². The minimum Gasteiger partial charge on any atom is -0.289 e. The third kappa shape index (κ3) is 3.10. The van der Waals surface area contributed by atoms with Crippen molar-refractivity contribution in [2.75, 3.05) is 14.1 Å². The highest BCUT2D eigenvalue weighted by Gasteiger charge is 2.17. The van der Waals surface area contributed by atoms with E-state index in [1.807, 2.05) is 6.07 Å². The maximum Gasteiger partial charge on any atom is 0.266 e. The smallest absolute Gasteiger partial charge is 0.266 e. The first kappa shape index (κ1) is 14.0. The molecule has 2 rings (SSSR count). The second-order valence-corrected chi connectivity index (χ2v) is 4.58. The quantitative estimate of drug-likeness (QED) is 0.682. The second-order valence-electron chi connectivity index (χ2n) is 4.58. The molecule has 0 aromatic heterocycles. The van der Waals surface area contributed by atoms with E-state index in [4.69, 9.17) is 0 Å². The van der Waals surface area contributed by atoms with E-state index >= 15 is 0 Å². The molecule has 4 nitrogen and oxygen atoms in total. The van der Waals surface area contributed by atoms with Crippen molar-refractivity contribution >= 4 is 11.7 Å². The van der Waals surface area contributed by atoms with E-state index in [2.05, 4.69) is 5.43 Å². The highest BCUT2D eigenvalue weighted by molar-refractivity contribution is 6.15. The zero-order valence-corrected chi connectivity index (χ0v) is 11.5. The van der Waals surface area contributed by atoms with Gasteiger partial charge in [-0.25, -0.2) is 5.01 Å². The lowest BCUT2D eigenvalue weighted by atomic mass is 9.98. The van der Waals surface area contributed by atoms with Crippen LogP contribution in [0.4, 0.5) is 0 Å². The molecule has 1 amide bonds. The molecule has 102 valence electrons. The van der Waals surface area contributed by atoms with Crippen molar-refractivity contribution in [3.63, 3.8) is 0 Å². The van der Waals surface area contributed by atoms with Crippen LogP contribution in [0.25, 0.3) is 0 Å². The van der Waals surface area contributed by atoms with Crippen molar-refractivity contribution in [2.45, 2.75) is 0 Å². The monoisotopic (exact) mass is 268 g/mol. The third-order valence-corrected chi connectivity index (χ3v) is 2.78. The zero-order valence-electron chi connectivity index (χ0n) is 11.5. The molecule has 0 heterocycles. The summed E-state index contributed by atoms with van der Waals surface area (Å²) in [6.45, 7) is 0. The lowest BCUT2D eigenvalue weighted by Gasteiger charge is -2.14. The summed E-state index contributed by atoms with van der Waals surface area (Å²) in [5.41, 5.74) is 3.99. The number of hydrazine groups is 1. The number of benzene rings is 2. The molecule has 0 unspecified atom stereocenters. The molecule has 0 radical (unpaired) electrons. The second kappa shape index (κ2) is 6.12. The fraction of sp³-hybridized carbons (Fsp3) is 0.125. The van der Waals surface area contributed by atoms with Crippen molar-refractivity contribution in [1.82, 2.24) is 10.4 Å². The number of carbonyl (C=O) groups excluding carboxylic acids is 2. The van der Waals surface area contributed by atoms with Gasteiger partial charge in [-0.3, -0.25) is 15.0 Å². The molecule has 0 saturated carbocycles. The van der Waals surface area contributed by atoms with Crippen molar-refractivity contribution in [3.8, 4) is 0 Å². The number of ketones is 1. The molecular weight excluding hydrogens is 252 g/mol. The first-order valence-corrected chi connectivity index (χ1v) is 6.26. The Morgan fingerprint density at radius 2 is 1.40 bits per heavy atom. The van der Waals surface area contributed by atoms with Gasteiger partial charge in [-0.2, -0.15) is 0 Å². The number of nitrogens with zero attached hydrogens (tertiary/aromatic N) is 1. The Morgan fingerprint density at radius 3 is 2.00 bits per heavy atom. The van der Waals surface area contributed by atoms with E-state index in [0.717, 1.165) is 0 Å². The minimum absolute atomic E-state index is 0.157. The van der Waals surface area contributed by atoms with Crippen LogP contribution in [0.2, 0.25) is 0 Å². The van der Waals surface area contributed by atoms with Gasteiger partial charge in [-0.15, -0.1) is 0 Å². The van der Waals surface area contributed by atoms with Crippen molar-refractivity contribution in [3.05, 3.63) is 71.3 Å². The average Bonchev–Trinajstić information content (AvgIpc) is 2.46. The summed E-state index contributed by atoms with van der Waals surface area (Å²) < 4.78 is 0. The average molecular weight is 268 g/mol. The lowest BCUT2D eigenvalue weighted by molar-refractivity contribution is 0.0850. The van der Waals surface area contributed by atoms with Gasteiger partial charge in [0.15, 0.2) is 5.78 Å². The number of nitrogens with one attached hydrogen (secondary N) is 1. The van der Waals surface area contributed by atoms with Crippen LogP contribution in [0.15, 0.2) is 54.6 Å². The Labute approximate surface area is 118 Å². The molecule has 2 aromatic rings. The molecule has 0 aliphatic heterocycles. The van der Waals surface area contributed by atoms with Crippen LogP contribution in [0, 0.1) is 0 Å². The molecule has 2 aromatic carbocycles. The van der Waals surface area contributed by atoms with Crippen LogP contribution in [-0.4, -0.2) is 30.8 Å². The largest absolute Gasteiger partial charge is 0.289 e. The predicted octanol–water partition coefficient (Wildman–Crippen LogP) is 2.12. The number of hydrogen-bond acceptors (Lipinski definition) is 3. The van der Waals surface area contributed by atoms with Gasteiger partial charge in [-0.1, -0.05) is 48.5 Å². The summed E-state index contributed by atoms with van der Waals surface area (Å²) >= 11 is 0. The summed E-state index contributed by atoms with van der Waals surface area (Å²) in [6.07, 6.45) is 0. The maximum absolute atomic E-state index is 12.5. The van der Waals surface area contributed by atoms with Crippen LogP contribution < -0.4 is 5.43 Å². The van der Waals surface area contributed by atoms with Gasteiger partial charge in [-0.05, 0) is 6.07 Å². The van der Waals surface area contributed by atoms with Crippen LogP contribution in [0.1, 0.15) is 26.3 Å². The fourth-order valence-electron chi connectivity index (χ4n) is 1.89. The Hall–Kier alpha value is -2.46. The summed E-state index contributed by atoms with van der Waals surface area (Å²) in [4.78, 5) is 24.6.